The summed E-state index contributed by atoms with van der Waals surface area (Å²) in [6.07, 6.45) is 5.80. The predicted octanol–water partition coefficient (Wildman–Crippen LogP) is 3.95. The van der Waals surface area contributed by atoms with Crippen molar-refractivity contribution in [2.45, 2.75) is 13.8 Å². The molecule has 0 aliphatic carbocycles. The van der Waals surface area contributed by atoms with Gasteiger partial charge in [0.15, 0.2) is 0 Å². The number of pyridine rings is 1. The van der Waals surface area contributed by atoms with Crippen molar-refractivity contribution in [3.05, 3.63) is 65.5 Å². The summed E-state index contributed by atoms with van der Waals surface area (Å²) in [6.45, 7) is 4.23. The second kappa shape index (κ2) is 4.75. The zero-order chi connectivity index (χ0) is 11.4. The van der Waals surface area contributed by atoms with E-state index in [2.05, 4.69) is 49.2 Å². The molecule has 0 saturated carbocycles. The highest BCUT2D eigenvalue weighted by atomic mass is 14.6. The second-order valence-electron chi connectivity index (χ2n) is 3.97. The lowest BCUT2D eigenvalue weighted by Gasteiger charge is -2.02. The van der Waals surface area contributed by atoms with Crippen LogP contribution in [-0.2, 0) is 0 Å². The monoisotopic (exact) mass is 209 g/mol. The topological polar surface area (TPSA) is 12.9 Å². The molecular weight excluding hydrogens is 194 g/mol. The number of hydrogen-bond acceptors (Lipinski definition) is 1. The Balaban J connectivity index is 2.28. The van der Waals surface area contributed by atoms with E-state index in [1.54, 1.807) is 0 Å². The van der Waals surface area contributed by atoms with Crippen molar-refractivity contribution in [3.8, 4) is 0 Å². The molecule has 0 aliphatic rings. The number of nitrogens with zero attached hydrogens (tertiary/aromatic N) is 1. The Kier molecular flexibility index (Phi) is 3.16. The van der Waals surface area contributed by atoms with Crippen LogP contribution in [0.1, 0.15) is 23.6 Å². The molecule has 0 spiro atoms. The number of aromatic nitrogens is 1. The summed E-state index contributed by atoms with van der Waals surface area (Å²) < 4.78 is 0. The van der Waals surface area contributed by atoms with Crippen molar-refractivity contribution >= 4 is 11.6 Å². The second-order valence-corrected chi connectivity index (χ2v) is 3.97. The van der Waals surface area contributed by atoms with Gasteiger partial charge in [-0.25, -0.2) is 0 Å². The Morgan fingerprint density at radius 2 is 1.62 bits per heavy atom. The number of benzene rings is 1. The summed E-state index contributed by atoms with van der Waals surface area (Å²) in [4.78, 5) is 4.01. The first-order valence-electron chi connectivity index (χ1n) is 5.41. The van der Waals surface area contributed by atoms with Gasteiger partial charge in [-0.1, -0.05) is 35.9 Å². The fraction of sp³-hybridized carbons (Fsp3) is 0.133. The highest BCUT2D eigenvalue weighted by Gasteiger charge is 1.95. The molecule has 1 aromatic heterocycles. The number of hydrogen-bond donors (Lipinski definition) is 0. The van der Waals surface area contributed by atoms with Crippen LogP contribution >= 0.6 is 0 Å². The molecule has 0 aliphatic heterocycles. The maximum Gasteiger partial charge on any atom is 0.0273 e. The summed E-state index contributed by atoms with van der Waals surface area (Å²) in [5.41, 5.74) is 5.02. The van der Waals surface area contributed by atoms with Crippen LogP contribution in [0.15, 0.2) is 48.8 Å². The normalized spacial score (nSPS) is 11.5. The van der Waals surface area contributed by atoms with Gasteiger partial charge in [-0.3, -0.25) is 4.98 Å². The minimum Gasteiger partial charge on any atom is -0.265 e. The van der Waals surface area contributed by atoms with E-state index in [1.807, 2.05) is 24.5 Å². The van der Waals surface area contributed by atoms with Crippen LogP contribution in [0.2, 0.25) is 0 Å². The summed E-state index contributed by atoms with van der Waals surface area (Å²) >= 11 is 0. The van der Waals surface area contributed by atoms with Crippen LogP contribution in [0, 0.1) is 6.92 Å². The smallest absolute Gasteiger partial charge is 0.0273 e. The molecule has 1 aromatic carbocycles. The molecule has 1 heterocycles. The van der Waals surface area contributed by atoms with Crippen molar-refractivity contribution in [2.24, 2.45) is 0 Å². The Bertz CT molecular complexity index is 481. The lowest BCUT2D eigenvalue weighted by atomic mass is 10.0. The van der Waals surface area contributed by atoms with Crippen LogP contribution in [0.4, 0.5) is 0 Å². The summed E-state index contributed by atoms with van der Waals surface area (Å²) in [5, 5.41) is 0. The Labute approximate surface area is 96.5 Å². The molecule has 1 heteroatoms. The van der Waals surface area contributed by atoms with Crippen molar-refractivity contribution in [1.82, 2.24) is 4.98 Å². The minimum atomic E-state index is 1.19. The molecular formula is C15H15N. The van der Waals surface area contributed by atoms with Crippen molar-refractivity contribution in [3.63, 3.8) is 0 Å². The van der Waals surface area contributed by atoms with Gasteiger partial charge in [0.2, 0.25) is 0 Å². The quantitative estimate of drug-likeness (QED) is 0.729. The van der Waals surface area contributed by atoms with Gasteiger partial charge in [-0.15, -0.1) is 0 Å². The van der Waals surface area contributed by atoms with Gasteiger partial charge in [0, 0.05) is 12.4 Å². The molecule has 0 radical (unpaired) electrons. The molecule has 0 saturated heterocycles. The third kappa shape index (κ3) is 2.57. The Morgan fingerprint density at radius 3 is 2.25 bits per heavy atom. The molecule has 0 fully saturated rings. The maximum absolute atomic E-state index is 4.01. The van der Waals surface area contributed by atoms with Crippen LogP contribution in [-0.4, -0.2) is 4.98 Å². The molecule has 2 rings (SSSR count). The van der Waals surface area contributed by atoms with Gasteiger partial charge in [0.05, 0.1) is 0 Å². The van der Waals surface area contributed by atoms with Crippen molar-refractivity contribution in [1.29, 1.82) is 0 Å². The van der Waals surface area contributed by atoms with Gasteiger partial charge in [0.25, 0.3) is 0 Å². The third-order valence-corrected chi connectivity index (χ3v) is 2.60. The standard InChI is InChI=1S/C15H15N/c1-12-3-5-15(6-4-12)13(2)11-14-7-9-16-10-8-14/h3-11H,1-2H3. The van der Waals surface area contributed by atoms with E-state index in [9.17, 15) is 0 Å². The fourth-order valence-corrected chi connectivity index (χ4v) is 1.61. The van der Waals surface area contributed by atoms with E-state index in [4.69, 9.17) is 0 Å². The molecule has 80 valence electrons. The van der Waals surface area contributed by atoms with Crippen LogP contribution in [0.5, 0.6) is 0 Å². The SMILES string of the molecule is CC(=Cc1ccncc1)c1ccc(C)cc1. The molecule has 2 aromatic rings. The van der Waals surface area contributed by atoms with E-state index in [-0.39, 0.29) is 0 Å². The maximum atomic E-state index is 4.01. The molecule has 0 bridgehead atoms. The van der Waals surface area contributed by atoms with Gasteiger partial charge < -0.3 is 0 Å². The minimum absolute atomic E-state index is 1.19. The molecule has 0 amide bonds. The first kappa shape index (κ1) is 10.6. The van der Waals surface area contributed by atoms with Crippen LogP contribution in [0.3, 0.4) is 0 Å². The first-order valence-corrected chi connectivity index (χ1v) is 5.41. The lowest BCUT2D eigenvalue weighted by Crippen LogP contribution is -1.81. The summed E-state index contributed by atoms with van der Waals surface area (Å²) in [5.74, 6) is 0. The Hall–Kier alpha value is -1.89. The average molecular weight is 209 g/mol. The highest BCUT2D eigenvalue weighted by molar-refractivity contribution is 5.79. The fourth-order valence-electron chi connectivity index (χ4n) is 1.61. The Morgan fingerprint density at radius 1 is 1.00 bits per heavy atom. The molecule has 1 nitrogen and oxygen atoms in total. The van der Waals surface area contributed by atoms with Gasteiger partial charge >= 0.3 is 0 Å². The van der Waals surface area contributed by atoms with E-state index in [0.717, 1.165) is 0 Å². The number of aryl methyl sites for hydroxylation is 1. The first-order chi connectivity index (χ1) is 7.75. The zero-order valence-electron chi connectivity index (χ0n) is 9.64. The number of allylic oxidation sites excluding steroid dienone is 1. The lowest BCUT2D eigenvalue weighted by molar-refractivity contribution is 1.32. The van der Waals surface area contributed by atoms with Crippen LogP contribution < -0.4 is 0 Å². The zero-order valence-corrected chi connectivity index (χ0v) is 9.64. The van der Waals surface area contributed by atoms with E-state index in [0.29, 0.717) is 0 Å². The molecule has 16 heavy (non-hydrogen) atoms. The number of rotatable bonds is 2. The average Bonchev–Trinajstić information content (AvgIpc) is 2.31. The van der Waals surface area contributed by atoms with E-state index >= 15 is 0 Å². The molecule has 0 N–H and O–H groups in total. The summed E-state index contributed by atoms with van der Waals surface area (Å²) in [7, 11) is 0. The molecule has 0 atom stereocenters. The summed E-state index contributed by atoms with van der Waals surface area (Å²) in [6, 6.07) is 12.6. The molecule has 0 unspecified atom stereocenters. The van der Waals surface area contributed by atoms with Gasteiger partial charge in [-0.05, 0) is 42.7 Å². The van der Waals surface area contributed by atoms with E-state index < -0.39 is 0 Å². The largest absolute Gasteiger partial charge is 0.265 e. The predicted molar refractivity (Wildman–Crippen MR) is 69.0 cm³/mol. The van der Waals surface area contributed by atoms with E-state index in [1.165, 1.54) is 22.3 Å². The van der Waals surface area contributed by atoms with Gasteiger partial charge in [0.1, 0.15) is 0 Å². The van der Waals surface area contributed by atoms with Crippen LogP contribution in [0.25, 0.3) is 11.6 Å². The van der Waals surface area contributed by atoms with Gasteiger partial charge in [-0.2, -0.15) is 0 Å². The van der Waals surface area contributed by atoms with Crippen molar-refractivity contribution < 1.29 is 0 Å². The van der Waals surface area contributed by atoms with Crippen molar-refractivity contribution in [2.75, 3.05) is 0 Å². The highest BCUT2D eigenvalue weighted by Crippen LogP contribution is 2.17. The third-order valence-electron chi connectivity index (χ3n) is 2.60.